The smallest absolute Gasteiger partial charge is 0.193 e. The summed E-state index contributed by atoms with van der Waals surface area (Å²) in [7, 11) is 0. The number of nitrogens with one attached hydrogen (secondary N) is 1. The van der Waals surface area contributed by atoms with Gasteiger partial charge in [0.25, 0.3) is 0 Å². The van der Waals surface area contributed by atoms with Crippen molar-refractivity contribution in [2.75, 3.05) is 26.2 Å². The highest BCUT2D eigenvalue weighted by Gasteiger charge is 2.19. The van der Waals surface area contributed by atoms with E-state index in [1.54, 1.807) is 0 Å². The summed E-state index contributed by atoms with van der Waals surface area (Å²) in [4.78, 5) is 6.88. The number of rotatable bonds is 4. The quantitative estimate of drug-likeness (QED) is 0.626. The van der Waals surface area contributed by atoms with Crippen LogP contribution in [0.4, 0.5) is 0 Å². The normalized spacial score (nSPS) is 17.6. The van der Waals surface area contributed by atoms with E-state index in [0.717, 1.165) is 45.0 Å². The zero-order valence-corrected chi connectivity index (χ0v) is 12.4. The van der Waals surface area contributed by atoms with Gasteiger partial charge in [0.1, 0.15) is 0 Å². The standard InChI is InChI=1S/C14H25N5O/c1-3-15-14(18-7-4-13(20)5-8-18)16-6-9-19-11-12(2)10-17-19/h10-11,13,20H,3-9H2,1-2H3,(H,15,16). The topological polar surface area (TPSA) is 65.7 Å². The molecule has 1 aromatic rings. The molecular weight excluding hydrogens is 254 g/mol. The largest absolute Gasteiger partial charge is 0.393 e. The molecule has 1 aliphatic rings. The van der Waals surface area contributed by atoms with Crippen LogP contribution < -0.4 is 5.32 Å². The molecule has 0 aliphatic carbocycles. The van der Waals surface area contributed by atoms with Gasteiger partial charge >= 0.3 is 0 Å². The predicted molar refractivity (Wildman–Crippen MR) is 79.8 cm³/mol. The molecule has 6 nitrogen and oxygen atoms in total. The molecule has 0 spiro atoms. The Morgan fingerprint density at radius 2 is 2.25 bits per heavy atom. The van der Waals surface area contributed by atoms with E-state index in [0.29, 0.717) is 6.54 Å². The minimum absolute atomic E-state index is 0.152. The van der Waals surface area contributed by atoms with Crippen LogP contribution >= 0.6 is 0 Å². The molecule has 2 N–H and O–H groups in total. The molecule has 1 fully saturated rings. The molecule has 1 aliphatic heterocycles. The zero-order valence-electron chi connectivity index (χ0n) is 12.4. The third-order valence-corrected chi connectivity index (χ3v) is 3.45. The summed E-state index contributed by atoms with van der Waals surface area (Å²) >= 11 is 0. The lowest BCUT2D eigenvalue weighted by molar-refractivity contribution is 0.108. The molecule has 1 aromatic heterocycles. The van der Waals surface area contributed by atoms with Crippen molar-refractivity contribution in [1.82, 2.24) is 20.0 Å². The van der Waals surface area contributed by atoms with Crippen LogP contribution in [0.25, 0.3) is 0 Å². The van der Waals surface area contributed by atoms with Gasteiger partial charge < -0.3 is 15.3 Å². The summed E-state index contributed by atoms with van der Waals surface area (Å²) in [5.74, 6) is 0.947. The summed E-state index contributed by atoms with van der Waals surface area (Å²) < 4.78 is 1.92. The van der Waals surface area contributed by atoms with Gasteiger partial charge in [0.2, 0.25) is 0 Å². The summed E-state index contributed by atoms with van der Waals surface area (Å²) in [6.07, 6.45) is 5.38. The second-order valence-electron chi connectivity index (χ2n) is 5.23. The van der Waals surface area contributed by atoms with Gasteiger partial charge in [-0.05, 0) is 32.3 Å². The highest BCUT2D eigenvalue weighted by Crippen LogP contribution is 2.09. The van der Waals surface area contributed by atoms with Gasteiger partial charge in [0, 0.05) is 25.8 Å². The first-order valence-electron chi connectivity index (χ1n) is 7.39. The number of aryl methyl sites for hydroxylation is 1. The van der Waals surface area contributed by atoms with Crippen LogP contribution in [0.5, 0.6) is 0 Å². The Morgan fingerprint density at radius 3 is 2.85 bits per heavy atom. The third kappa shape index (κ3) is 4.23. The van der Waals surface area contributed by atoms with Gasteiger partial charge in [-0.1, -0.05) is 0 Å². The first-order chi connectivity index (χ1) is 9.69. The summed E-state index contributed by atoms with van der Waals surface area (Å²) in [6.45, 7) is 8.21. The molecule has 0 atom stereocenters. The molecule has 6 heteroatoms. The van der Waals surface area contributed by atoms with Crippen LogP contribution in [-0.2, 0) is 6.54 Å². The van der Waals surface area contributed by atoms with Crippen molar-refractivity contribution in [3.05, 3.63) is 18.0 Å². The van der Waals surface area contributed by atoms with Crippen molar-refractivity contribution in [2.24, 2.45) is 4.99 Å². The van der Waals surface area contributed by atoms with Crippen molar-refractivity contribution in [3.63, 3.8) is 0 Å². The van der Waals surface area contributed by atoms with Crippen LogP contribution in [0.2, 0.25) is 0 Å². The average molecular weight is 279 g/mol. The molecule has 0 aromatic carbocycles. The number of aliphatic hydroxyl groups is 1. The lowest BCUT2D eigenvalue weighted by Gasteiger charge is -2.32. The average Bonchev–Trinajstić information content (AvgIpc) is 2.84. The number of hydrogen-bond acceptors (Lipinski definition) is 3. The Balaban J connectivity index is 1.88. The van der Waals surface area contributed by atoms with E-state index in [9.17, 15) is 5.11 Å². The van der Waals surface area contributed by atoms with Crippen LogP contribution in [0.1, 0.15) is 25.3 Å². The number of aliphatic hydroxyl groups excluding tert-OH is 1. The lowest BCUT2D eigenvalue weighted by Crippen LogP contribution is -2.46. The summed E-state index contributed by atoms with van der Waals surface area (Å²) in [5.41, 5.74) is 1.17. The van der Waals surface area contributed by atoms with Gasteiger partial charge in [-0.2, -0.15) is 5.10 Å². The Morgan fingerprint density at radius 1 is 1.50 bits per heavy atom. The van der Waals surface area contributed by atoms with Gasteiger partial charge in [0.05, 0.1) is 25.4 Å². The molecule has 0 radical (unpaired) electrons. The summed E-state index contributed by atoms with van der Waals surface area (Å²) in [5, 5.41) is 17.2. The fourth-order valence-corrected chi connectivity index (χ4v) is 2.35. The van der Waals surface area contributed by atoms with Crippen molar-refractivity contribution in [2.45, 2.75) is 39.3 Å². The molecule has 0 saturated carbocycles. The number of aromatic nitrogens is 2. The minimum Gasteiger partial charge on any atom is -0.393 e. The Bertz CT molecular complexity index is 435. The second kappa shape index (κ2) is 7.28. The van der Waals surface area contributed by atoms with Crippen molar-refractivity contribution in [3.8, 4) is 0 Å². The summed E-state index contributed by atoms with van der Waals surface area (Å²) in [6, 6.07) is 0. The Labute approximate surface area is 120 Å². The maximum atomic E-state index is 9.57. The molecule has 0 bridgehead atoms. The number of hydrogen-bond donors (Lipinski definition) is 2. The van der Waals surface area contributed by atoms with Crippen LogP contribution in [0.3, 0.4) is 0 Å². The molecule has 0 unspecified atom stereocenters. The van der Waals surface area contributed by atoms with E-state index in [4.69, 9.17) is 0 Å². The molecule has 112 valence electrons. The number of piperidine rings is 1. The van der Waals surface area contributed by atoms with Crippen molar-refractivity contribution >= 4 is 5.96 Å². The second-order valence-corrected chi connectivity index (χ2v) is 5.23. The Kier molecular flexibility index (Phi) is 5.40. The molecule has 1 saturated heterocycles. The van der Waals surface area contributed by atoms with Gasteiger partial charge in [0.15, 0.2) is 5.96 Å². The van der Waals surface area contributed by atoms with Crippen LogP contribution in [-0.4, -0.2) is 58.0 Å². The minimum atomic E-state index is -0.152. The van der Waals surface area contributed by atoms with E-state index in [1.165, 1.54) is 5.56 Å². The first-order valence-corrected chi connectivity index (χ1v) is 7.39. The van der Waals surface area contributed by atoms with Gasteiger partial charge in [-0.15, -0.1) is 0 Å². The maximum absolute atomic E-state index is 9.57. The molecule has 0 amide bonds. The highest BCUT2D eigenvalue weighted by atomic mass is 16.3. The highest BCUT2D eigenvalue weighted by molar-refractivity contribution is 5.80. The number of aliphatic imine (C=N–C) groups is 1. The number of nitrogens with zero attached hydrogens (tertiary/aromatic N) is 4. The van der Waals surface area contributed by atoms with Gasteiger partial charge in [-0.3, -0.25) is 9.67 Å². The van der Waals surface area contributed by atoms with Crippen LogP contribution in [0.15, 0.2) is 17.4 Å². The molecule has 2 heterocycles. The van der Waals surface area contributed by atoms with E-state index in [-0.39, 0.29) is 6.10 Å². The molecule has 2 rings (SSSR count). The van der Waals surface area contributed by atoms with Crippen molar-refractivity contribution in [1.29, 1.82) is 0 Å². The Hall–Kier alpha value is -1.56. The van der Waals surface area contributed by atoms with E-state index < -0.39 is 0 Å². The monoisotopic (exact) mass is 279 g/mol. The van der Waals surface area contributed by atoms with Crippen molar-refractivity contribution < 1.29 is 5.11 Å². The van der Waals surface area contributed by atoms with Gasteiger partial charge in [-0.25, -0.2) is 0 Å². The van der Waals surface area contributed by atoms with E-state index >= 15 is 0 Å². The van der Waals surface area contributed by atoms with E-state index in [2.05, 4.69) is 27.2 Å². The van der Waals surface area contributed by atoms with Crippen LogP contribution in [0, 0.1) is 6.92 Å². The predicted octanol–water partition coefficient (Wildman–Crippen LogP) is 0.614. The molecule has 20 heavy (non-hydrogen) atoms. The fraction of sp³-hybridized carbons (Fsp3) is 0.714. The number of likely N-dealkylation sites (tertiary alicyclic amines) is 1. The van der Waals surface area contributed by atoms with E-state index in [1.807, 2.05) is 24.0 Å². The lowest BCUT2D eigenvalue weighted by atomic mass is 10.1. The SMILES string of the molecule is CCNC(=NCCn1cc(C)cn1)N1CCC(O)CC1. The zero-order chi connectivity index (χ0) is 14.4. The fourth-order valence-electron chi connectivity index (χ4n) is 2.35. The molecular formula is C14H25N5O. The first kappa shape index (κ1) is 14.8. The number of guanidine groups is 1. The third-order valence-electron chi connectivity index (χ3n) is 3.45. The maximum Gasteiger partial charge on any atom is 0.193 e.